The molecule has 0 aliphatic rings. The van der Waals surface area contributed by atoms with Crippen LogP contribution in [0.15, 0.2) is 35.7 Å². The molecule has 3 rings (SSSR count). The van der Waals surface area contributed by atoms with Crippen molar-refractivity contribution >= 4 is 27.5 Å². The fraction of sp³-hybridized carbons (Fsp3) is 0.200. The maximum atomic E-state index is 5.83. The Bertz CT molecular complexity index is 740. The molecular weight excluding hydrogens is 286 g/mol. The lowest BCUT2D eigenvalue weighted by molar-refractivity contribution is 0.202. The molecule has 0 saturated heterocycles. The van der Waals surface area contributed by atoms with Crippen LogP contribution in [0, 0.1) is 0 Å². The number of benzene rings is 1. The number of methoxy groups -OCH3 is 1. The number of ether oxygens (including phenoxy) is 2. The summed E-state index contributed by atoms with van der Waals surface area (Å²) in [5.74, 6) is 1.43. The largest absolute Gasteiger partial charge is 0.438 e. The summed E-state index contributed by atoms with van der Waals surface area (Å²) in [6.45, 7) is 0.707. The topological polar surface area (TPSA) is 70.3 Å². The average molecular weight is 301 g/mol. The number of aromatic nitrogens is 2. The number of hydrogen-bond donors (Lipinski definition) is 1. The van der Waals surface area contributed by atoms with Crippen LogP contribution in [0.4, 0.5) is 5.95 Å². The van der Waals surface area contributed by atoms with Gasteiger partial charge in [-0.25, -0.2) is 4.98 Å². The Balaban J connectivity index is 1.83. The average Bonchev–Trinajstić information content (AvgIpc) is 2.95. The fourth-order valence-electron chi connectivity index (χ4n) is 1.98. The molecule has 21 heavy (non-hydrogen) atoms. The molecular formula is C15H15N3O2S. The number of nitrogen functional groups attached to an aromatic ring is 1. The van der Waals surface area contributed by atoms with Gasteiger partial charge in [-0.05, 0) is 35.6 Å². The molecule has 1 aromatic carbocycles. The number of fused-ring (bicyclic) bond motifs is 1. The van der Waals surface area contributed by atoms with E-state index in [0.29, 0.717) is 12.5 Å². The van der Waals surface area contributed by atoms with Gasteiger partial charge in [0.2, 0.25) is 11.8 Å². The summed E-state index contributed by atoms with van der Waals surface area (Å²) in [5.41, 5.74) is 6.91. The Morgan fingerprint density at radius 1 is 1.14 bits per heavy atom. The van der Waals surface area contributed by atoms with Crippen LogP contribution in [0.2, 0.25) is 0 Å². The van der Waals surface area contributed by atoms with E-state index in [1.165, 1.54) is 16.9 Å². The van der Waals surface area contributed by atoms with E-state index in [0.717, 1.165) is 22.4 Å². The second-order valence-corrected chi connectivity index (χ2v) is 5.41. The normalized spacial score (nSPS) is 10.9. The standard InChI is InChI=1S/C15H15N3O2S/c1-19-8-6-10-2-4-11(5-3-10)20-13-12-7-9-21-14(12)18-15(16)17-13/h2-5,7,9H,6,8H2,1H3,(H2,16,17,18). The molecule has 5 nitrogen and oxygen atoms in total. The molecule has 6 heteroatoms. The number of nitrogens with zero attached hydrogens (tertiary/aromatic N) is 2. The number of hydrogen-bond acceptors (Lipinski definition) is 6. The Kier molecular flexibility index (Phi) is 3.98. The molecule has 0 aliphatic carbocycles. The smallest absolute Gasteiger partial charge is 0.232 e. The molecule has 3 aromatic rings. The summed E-state index contributed by atoms with van der Waals surface area (Å²) in [4.78, 5) is 9.18. The minimum absolute atomic E-state index is 0.219. The quantitative estimate of drug-likeness (QED) is 0.783. The van der Waals surface area contributed by atoms with Crippen molar-refractivity contribution < 1.29 is 9.47 Å². The van der Waals surface area contributed by atoms with Crippen LogP contribution >= 0.6 is 11.3 Å². The van der Waals surface area contributed by atoms with Gasteiger partial charge in [0.1, 0.15) is 10.6 Å². The lowest BCUT2D eigenvalue weighted by atomic mass is 10.1. The number of thiophene rings is 1. The molecule has 0 atom stereocenters. The monoisotopic (exact) mass is 301 g/mol. The van der Waals surface area contributed by atoms with Gasteiger partial charge < -0.3 is 15.2 Å². The summed E-state index contributed by atoms with van der Waals surface area (Å²) in [6.07, 6.45) is 0.881. The second-order valence-electron chi connectivity index (χ2n) is 4.52. The van der Waals surface area contributed by atoms with Crippen molar-refractivity contribution in [2.45, 2.75) is 6.42 Å². The van der Waals surface area contributed by atoms with Crippen molar-refractivity contribution in [3.8, 4) is 11.6 Å². The Morgan fingerprint density at radius 3 is 2.71 bits per heavy atom. The van der Waals surface area contributed by atoms with E-state index in [4.69, 9.17) is 15.2 Å². The van der Waals surface area contributed by atoms with E-state index < -0.39 is 0 Å². The first kappa shape index (κ1) is 13.8. The highest BCUT2D eigenvalue weighted by Gasteiger charge is 2.09. The molecule has 0 fully saturated rings. The highest BCUT2D eigenvalue weighted by molar-refractivity contribution is 7.16. The molecule has 0 amide bonds. The molecule has 2 heterocycles. The van der Waals surface area contributed by atoms with Gasteiger partial charge in [-0.15, -0.1) is 11.3 Å². The zero-order valence-corrected chi connectivity index (χ0v) is 12.4. The van der Waals surface area contributed by atoms with E-state index in [9.17, 15) is 0 Å². The van der Waals surface area contributed by atoms with E-state index in [2.05, 4.69) is 9.97 Å². The third-order valence-corrected chi connectivity index (χ3v) is 3.85. The molecule has 2 aromatic heterocycles. The summed E-state index contributed by atoms with van der Waals surface area (Å²) in [6, 6.07) is 9.80. The van der Waals surface area contributed by atoms with Crippen LogP contribution in [0.1, 0.15) is 5.56 Å². The first-order valence-corrected chi connectivity index (χ1v) is 7.40. The van der Waals surface area contributed by atoms with E-state index in [1.807, 2.05) is 35.7 Å². The third kappa shape index (κ3) is 3.12. The van der Waals surface area contributed by atoms with Gasteiger partial charge in [-0.2, -0.15) is 4.98 Å². The minimum atomic E-state index is 0.219. The van der Waals surface area contributed by atoms with Gasteiger partial charge in [-0.1, -0.05) is 12.1 Å². The molecule has 0 spiro atoms. The molecule has 0 bridgehead atoms. The summed E-state index contributed by atoms with van der Waals surface area (Å²) >= 11 is 1.51. The zero-order valence-electron chi connectivity index (χ0n) is 11.6. The zero-order chi connectivity index (χ0) is 14.7. The maximum Gasteiger partial charge on any atom is 0.232 e. The van der Waals surface area contributed by atoms with Crippen molar-refractivity contribution in [1.82, 2.24) is 9.97 Å². The highest BCUT2D eigenvalue weighted by atomic mass is 32.1. The van der Waals surface area contributed by atoms with Crippen LogP contribution in [-0.4, -0.2) is 23.7 Å². The van der Waals surface area contributed by atoms with E-state index in [1.54, 1.807) is 7.11 Å². The summed E-state index contributed by atoms with van der Waals surface area (Å²) < 4.78 is 10.9. The van der Waals surface area contributed by atoms with Crippen LogP contribution in [0.25, 0.3) is 10.2 Å². The van der Waals surface area contributed by atoms with E-state index in [-0.39, 0.29) is 5.95 Å². The van der Waals surface area contributed by atoms with Crippen molar-refractivity contribution in [3.05, 3.63) is 41.3 Å². The molecule has 0 saturated carbocycles. The Labute approximate surface area is 126 Å². The van der Waals surface area contributed by atoms with Crippen molar-refractivity contribution in [1.29, 1.82) is 0 Å². The molecule has 0 aliphatic heterocycles. The number of nitrogens with two attached hydrogens (primary N) is 1. The number of rotatable bonds is 5. The lowest BCUT2D eigenvalue weighted by Gasteiger charge is -2.07. The van der Waals surface area contributed by atoms with Gasteiger partial charge in [0.15, 0.2) is 0 Å². The van der Waals surface area contributed by atoms with E-state index >= 15 is 0 Å². The lowest BCUT2D eigenvalue weighted by Crippen LogP contribution is -1.97. The molecule has 2 N–H and O–H groups in total. The first-order chi connectivity index (χ1) is 10.3. The van der Waals surface area contributed by atoms with Crippen molar-refractivity contribution in [3.63, 3.8) is 0 Å². The molecule has 0 unspecified atom stereocenters. The fourth-order valence-corrected chi connectivity index (χ4v) is 2.74. The van der Waals surface area contributed by atoms with Gasteiger partial charge in [-0.3, -0.25) is 0 Å². The van der Waals surface area contributed by atoms with Crippen molar-refractivity contribution in [2.75, 3.05) is 19.5 Å². The maximum absolute atomic E-state index is 5.83. The SMILES string of the molecule is COCCc1ccc(Oc2nc(N)nc3sccc23)cc1. The molecule has 0 radical (unpaired) electrons. The van der Waals surface area contributed by atoms with Gasteiger partial charge >= 0.3 is 0 Å². The van der Waals surface area contributed by atoms with Gasteiger partial charge in [0.25, 0.3) is 0 Å². The highest BCUT2D eigenvalue weighted by Crippen LogP contribution is 2.30. The summed E-state index contributed by atoms with van der Waals surface area (Å²) in [7, 11) is 1.70. The first-order valence-electron chi connectivity index (χ1n) is 6.53. The second kappa shape index (κ2) is 6.07. The third-order valence-electron chi connectivity index (χ3n) is 3.04. The van der Waals surface area contributed by atoms with Gasteiger partial charge in [0, 0.05) is 7.11 Å². The Morgan fingerprint density at radius 2 is 1.95 bits per heavy atom. The van der Waals surface area contributed by atoms with Crippen LogP contribution in [-0.2, 0) is 11.2 Å². The van der Waals surface area contributed by atoms with Crippen LogP contribution in [0.3, 0.4) is 0 Å². The van der Waals surface area contributed by atoms with Crippen molar-refractivity contribution in [2.24, 2.45) is 0 Å². The summed E-state index contributed by atoms with van der Waals surface area (Å²) in [5, 5.41) is 2.82. The van der Waals surface area contributed by atoms with Crippen LogP contribution < -0.4 is 10.5 Å². The minimum Gasteiger partial charge on any atom is -0.438 e. The Hall–Kier alpha value is -2.18. The number of anilines is 1. The van der Waals surface area contributed by atoms with Gasteiger partial charge in [0.05, 0.1) is 12.0 Å². The predicted octanol–water partition coefficient (Wildman–Crippen LogP) is 3.25. The van der Waals surface area contributed by atoms with Crippen LogP contribution in [0.5, 0.6) is 11.6 Å². The predicted molar refractivity (Wildman–Crippen MR) is 83.9 cm³/mol. The molecule has 108 valence electrons.